The van der Waals surface area contributed by atoms with Crippen molar-refractivity contribution in [3.05, 3.63) is 42.0 Å². The molecule has 3 aliphatic rings. The zero-order chi connectivity index (χ0) is 13.5. The molecule has 2 aliphatic heterocycles. The predicted molar refractivity (Wildman–Crippen MR) is 72.7 cm³/mol. The quantitative estimate of drug-likeness (QED) is 0.724. The molecule has 0 aromatic heterocycles. The Bertz CT molecular complexity index is 637. The van der Waals surface area contributed by atoms with Crippen LogP contribution >= 0.6 is 0 Å². The van der Waals surface area contributed by atoms with Gasteiger partial charge in [-0.1, -0.05) is 31.7 Å². The fourth-order valence-electron chi connectivity index (χ4n) is 4.59. The molecule has 2 heterocycles. The first kappa shape index (κ1) is 11.2. The number of carbonyl (C=O) groups is 1. The first-order chi connectivity index (χ1) is 8.98. The zero-order valence-corrected chi connectivity index (χ0v) is 11.2. The third-order valence-electron chi connectivity index (χ3n) is 5.68. The van der Waals surface area contributed by atoms with Gasteiger partial charge in [0.1, 0.15) is 11.0 Å². The average molecular weight is 255 g/mol. The first-order valence-corrected chi connectivity index (χ1v) is 6.73. The maximum atomic E-state index is 12.6. The number of anilines is 1. The molecule has 1 N–H and O–H groups in total. The van der Waals surface area contributed by atoms with Gasteiger partial charge in [0.15, 0.2) is 0 Å². The summed E-state index contributed by atoms with van der Waals surface area (Å²) in [4.78, 5) is 12.6. The van der Waals surface area contributed by atoms with Gasteiger partial charge in [0.2, 0.25) is 5.91 Å². The number of nitrogens with one attached hydrogen (secondary N) is 1. The number of para-hydroxylation sites is 1. The molecular weight excluding hydrogens is 238 g/mol. The van der Waals surface area contributed by atoms with Gasteiger partial charge in [-0.3, -0.25) is 4.79 Å². The number of benzene rings is 1. The summed E-state index contributed by atoms with van der Waals surface area (Å²) in [6.07, 6.45) is 0.934. The van der Waals surface area contributed by atoms with Crippen molar-refractivity contribution in [3.8, 4) is 0 Å². The molecule has 3 nitrogen and oxygen atoms in total. The van der Waals surface area contributed by atoms with Gasteiger partial charge in [-0.25, -0.2) is 0 Å². The van der Waals surface area contributed by atoms with Crippen LogP contribution in [0.25, 0.3) is 0 Å². The molecule has 0 unspecified atom stereocenters. The Kier molecular flexibility index (Phi) is 1.73. The highest BCUT2D eigenvalue weighted by atomic mass is 16.5. The lowest BCUT2D eigenvalue weighted by Gasteiger charge is -2.67. The second kappa shape index (κ2) is 2.93. The maximum absolute atomic E-state index is 12.6. The van der Waals surface area contributed by atoms with Crippen LogP contribution in [0.1, 0.15) is 25.8 Å². The number of ether oxygens (including phenoxy) is 1. The van der Waals surface area contributed by atoms with Crippen molar-refractivity contribution in [1.82, 2.24) is 0 Å². The number of hydrogen-bond donors (Lipinski definition) is 1. The van der Waals surface area contributed by atoms with E-state index in [0.29, 0.717) is 6.61 Å². The summed E-state index contributed by atoms with van der Waals surface area (Å²) in [5.41, 5.74) is 1.68. The predicted octanol–water partition coefficient (Wildman–Crippen LogP) is 2.84. The van der Waals surface area contributed by atoms with Gasteiger partial charge in [0.05, 0.1) is 0 Å². The summed E-state index contributed by atoms with van der Waals surface area (Å²) in [5.74, 6) is 0.00979. The summed E-state index contributed by atoms with van der Waals surface area (Å²) in [6.45, 7) is 9.04. The highest BCUT2D eigenvalue weighted by Gasteiger charge is 2.80. The van der Waals surface area contributed by atoms with Crippen LogP contribution < -0.4 is 5.32 Å². The lowest BCUT2D eigenvalue weighted by molar-refractivity contribution is -0.197. The lowest BCUT2D eigenvalue weighted by atomic mass is 9.38. The van der Waals surface area contributed by atoms with E-state index in [2.05, 4.69) is 24.9 Å². The molecule has 1 spiro atoms. The fraction of sp³-hybridized carbons (Fsp3) is 0.438. The van der Waals surface area contributed by atoms with Gasteiger partial charge in [0, 0.05) is 23.3 Å². The van der Waals surface area contributed by atoms with Crippen LogP contribution in [0, 0.1) is 10.8 Å². The van der Waals surface area contributed by atoms with Crippen molar-refractivity contribution < 1.29 is 9.53 Å². The second-order valence-electron chi connectivity index (χ2n) is 6.22. The number of amides is 1. The highest BCUT2D eigenvalue weighted by Crippen LogP contribution is 2.77. The van der Waals surface area contributed by atoms with Crippen LogP contribution in [-0.2, 0) is 15.1 Å². The lowest BCUT2D eigenvalue weighted by Crippen LogP contribution is -2.72. The summed E-state index contributed by atoms with van der Waals surface area (Å²) < 4.78 is 6.20. The molecule has 0 radical (unpaired) electrons. The SMILES string of the molecule is C=C1[C@@]2(C)C(=O)Nc3ccccc3[C@]23OCC[C@]13C. The molecule has 3 heteroatoms. The van der Waals surface area contributed by atoms with Crippen molar-refractivity contribution in [3.63, 3.8) is 0 Å². The summed E-state index contributed by atoms with van der Waals surface area (Å²) in [5, 5.41) is 3.01. The second-order valence-corrected chi connectivity index (χ2v) is 6.22. The molecule has 1 saturated heterocycles. The largest absolute Gasteiger partial charge is 0.368 e. The van der Waals surface area contributed by atoms with E-state index < -0.39 is 11.0 Å². The van der Waals surface area contributed by atoms with E-state index in [9.17, 15) is 4.79 Å². The van der Waals surface area contributed by atoms with Crippen molar-refractivity contribution in [2.45, 2.75) is 25.9 Å². The third-order valence-corrected chi connectivity index (χ3v) is 5.68. The van der Waals surface area contributed by atoms with Crippen LogP contribution in [-0.4, -0.2) is 12.5 Å². The molecule has 2 fully saturated rings. The monoisotopic (exact) mass is 255 g/mol. The Morgan fingerprint density at radius 3 is 2.84 bits per heavy atom. The van der Waals surface area contributed by atoms with Gasteiger partial charge in [-0.15, -0.1) is 0 Å². The molecule has 98 valence electrons. The number of rotatable bonds is 0. The molecule has 1 aliphatic carbocycles. The summed E-state index contributed by atoms with van der Waals surface area (Å²) >= 11 is 0. The van der Waals surface area contributed by atoms with E-state index in [0.717, 1.165) is 23.2 Å². The van der Waals surface area contributed by atoms with Crippen LogP contribution in [0.3, 0.4) is 0 Å². The van der Waals surface area contributed by atoms with Crippen LogP contribution in [0.2, 0.25) is 0 Å². The molecule has 19 heavy (non-hydrogen) atoms. The van der Waals surface area contributed by atoms with E-state index in [-0.39, 0.29) is 11.3 Å². The van der Waals surface area contributed by atoms with E-state index in [1.54, 1.807) is 0 Å². The minimum atomic E-state index is -0.646. The Hall–Kier alpha value is -1.61. The molecule has 1 amide bonds. The van der Waals surface area contributed by atoms with E-state index in [4.69, 9.17) is 4.74 Å². The highest BCUT2D eigenvalue weighted by molar-refractivity contribution is 6.04. The molecule has 1 aromatic rings. The van der Waals surface area contributed by atoms with Gasteiger partial charge < -0.3 is 10.1 Å². The van der Waals surface area contributed by atoms with Crippen molar-refractivity contribution >= 4 is 11.6 Å². The van der Waals surface area contributed by atoms with Crippen LogP contribution in [0.4, 0.5) is 5.69 Å². The smallest absolute Gasteiger partial charge is 0.237 e. The molecule has 4 rings (SSSR count). The van der Waals surface area contributed by atoms with Gasteiger partial charge in [-0.05, 0) is 25.0 Å². The van der Waals surface area contributed by atoms with E-state index >= 15 is 0 Å². The maximum Gasteiger partial charge on any atom is 0.237 e. The van der Waals surface area contributed by atoms with Crippen LogP contribution in [0.5, 0.6) is 0 Å². The topological polar surface area (TPSA) is 38.3 Å². The normalized spacial score (nSPS) is 42.8. The standard InChI is InChI=1S/C16H17NO2/c1-10-14(2)8-9-19-16(14)11-6-4-5-7-12(11)17-13(18)15(10,16)3/h4-7H,1,8-9H2,2-3H3,(H,17,18)/t14-,15+,16-/m1/s1. The van der Waals surface area contributed by atoms with Gasteiger partial charge in [0.25, 0.3) is 0 Å². The Balaban J connectivity index is 2.08. The Morgan fingerprint density at radius 2 is 2.05 bits per heavy atom. The molecule has 1 saturated carbocycles. The number of hydrogen-bond acceptors (Lipinski definition) is 2. The van der Waals surface area contributed by atoms with Crippen molar-refractivity contribution in [2.24, 2.45) is 10.8 Å². The van der Waals surface area contributed by atoms with E-state index in [1.807, 2.05) is 25.1 Å². The minimum Gasteiger partial charge on any atom is -0.368 e. The van der Waals surface area contributed by atoms with E-state index in [1.165, 1.54) is 0 Å². The summed E-state index contributed by atoms with van der Waals surface area (Å²) in [6, 6.07) is 7.97. The molecule has 1 aromatic carbocycles. The average Bonchev–Trinajstić information content (AvgIpc) is 2.73. The van der Waals surface area contributed by atoms with Gasteiger partial charge >= 0.3 is 0 Å². The molecule has 0 bridgehead atoms. The molecular formula is C16H17NO2. The van der Waals surface area contributed by atoms with Crippen molar-refractivity contribution in [2.75, 3.05) is 11.9 Å². The Morgan fingerprint density at radius 1 is 1.32 bits per heavy atom. The van der Waals surface area contributed by atoms with Crippen LogP contribution in [0.15, 0.2) is 36.4 Å². The zero-order valence-electron chi connectivity index (χ0n) is 11.2. The third kappa shape index (κ3) is 0.845. The fourth-order valence-corrected chi connectivity index (χ4v) is 4.59. The number of fused-ring (bicyclic) bond motifs is 1. The van der Waals surface area contributed by atoms with Gasteiger partial charge in [-0.2, -0.15) is 0 Å². The summed E-state index contributed by atoms with van der Waals surface area (Å²) in [7, 11) is 0. The Labute approximate surface area is 112 Å². The number of carbonyl (C=O) groups excluding carboxylic acids is 1. The molecule has 3 atom stereocenters. The first-order valence-electron chi connectivity index (χ1n) is 6.73. The minimum absolute atomic E-state index is 0.00979. The van der Waals surface area contributed by atoms with Crippen molar-refractivity contribution in [1.29, 1.82) is 0 Å².